The molecule has 29 heavy (non-hydrogen) atoms. The summed E-state index contributed by atoms with van der Waals surface area (Å²) in [6.45, 7) is 8.51. The number of nitrogens with one attached hydrogen (secondary N) is 3. The van der Waals surface area contributed by atoms with E-state index < -0.39 is 10.0 Å². The van der Waals surface area contributed by atoms with Gasteiger partial charge in [0.05, 0.1) is 6.33 Å². The lowest BCUT2D eigenvalue weighted by Crippen LogP contribution is -2.13. The van der Waals surface area contributed by atoms with Crippen molar-refractivity contribution in [2.75, 3.05) is 21.9 Å². The molecule has 0 unspecified atom stereocenters. The molecule has 3 rings (SSSR count). The van der Waals surface area contributed by atoms with Crippen LogP contribution in [0.3, 0.4) is 0 Å². The minimum absolute atomic E-state index is 0.0131. The highest BCUT2D eigenvalue weighted by molar-refractivity contribution is 7.92. The molecule has 9 nitrogen and oxygen atoms in total. The van der Waals surface area contributed by atoms with Crippen LogP contribution >= 0.6 is 0 Å². The van der Waals surface area contributed by atoms with Crippen molar-refractivity contribution in [2.24, 2.45) is 0 Å². The quantitative estimate of drug-likeness (QED) is 0.515. The summed E-state index contributed by atoms with van der Waals surface area (Å²) in [4.78, 5) is 12.7. The van der Waals surface area contributed by atoms with Crippen molar-refractivity contribution in [3.05, 3.63) is 48.5 Å². The Balaban J connectivity index is 1.71. The maximum atomic E-state index is 12.5. The van der Waals surface area contributed by atoms with E-state index in [1.807, 2.05) is 33.8 Å². The van der Waals surface area contributed by atoms with Gasteiger partial charge in [0.1, 0.15) is 5.82 Å². The maximum absolute atomic E-state index is 12.5. The largest absolute Gasteiger partial charge is 0.354 e. The first kappa shape index (κ1) is 20.6. The third-order valence-electron chi connectivity index (χ3n) is 4.05. The lowest BCUT2D eigenvalue weighted by atomic mass is 10.3. The molecular weight excluding hydrogens is 390 g/mol. The van der Waals surface area contributed by atoms with E-state index in [0.29, 0.717) is 17.5 Å². The molecule has 0 saturated heterocycles. The number of benzene rings is 1. The Labute approximate surface area is 170 Å². The van der Waals surface area contributed by atoms with Crippen LogP contribution in [0.25, 0.3) is 0 Å². The van der Waals surface area contributed by atoms with Crippen molar-refractivity contribution in [1.29, 1.82) is 0 Å². The van der Waals surface area contributed by atoms with Gasteiger partial charge in [-0.2, -0.15) is 13.4 Å². The molecule has 0 aliphatic carbocycles. The highest BCUT2D eigenvalue weighted by Gasteiger charge is 2.18. The first-order chi connectivity index (χ1) is 13.8. The standard InChI is InChI=1S/C19H25N7O2S/c1-5-20-19-22-14(4)10-17(24-19)23-15-6-8-16(9-7-15)25-29(27,28)18-11-26(12-21-18)13(2)3/h6-13,25H,5H2,1-4H3,(H2,20,22,23,24). The number of hydrogen-bond donors (Lipinski definition) is 3. The zero-order chi connectivity index (χ0) is 21.0. The Hall–Kier alpha value is -3.14. The first-order valence-electron chi connectivity index (χ1n) is 9.30. The van der Waals surface area contributed by atoms with Crippen molar-refractivity contribution in [2.45, 2.75) is 38.8 Å². The molecule has 10 heteroatoms. The molecule has 3 aromatic rings. The number of aryl methyl sites for hydroxylation is 1. The van der Waals surface area contributed by atoms with E-state index in [4.69, 9.17) is 0 Å². The number of hydrogen-bond acceptors (Lipinski definition) is 7. The van der Waals surface area contributed by atoms with E-state index in [1.54, 1.807) is 28.8 Å². The fourth-order valence-electron chi connectivity index (χ4n) is 2.59. The molecule has 3 N–H and O–H groups in total. The third-order valence-corrected chi connectivity index (χ3v) is 5.31. The summed E-state index contributed by atoms with van der Waals surface area (Å²) in [5.41, 5.74) is 2.06. The number of nitrogens with zero attached hydrogens (tertiary/aromatic N) is 4. The van der Waals surface area contributed by atoms with E-state index >= 15 is 0 Å². The van der Waals surface area contributed by atoms with Crippen LogP contribution in [0.5, 0.6) is 0 Å². The SMILES string of the molecule is CCNc1nc(C)cc(Nc2ccc(NS(=O)(=O)c3cn(C(C)C)cn3)cc2)n1. The van der Waals surface area contributed by atoms with Gasteiger partial charge in [0.15, 0.2) is 5.03 Å². The smallest absolute Gasteiger partial charge is 0.280 e. The number of sulfonamides is 1. The van der Waals surface area contributed by atoms with Crippen LogP contribution in [0.4, 0.5) is 23.1 Å². The Bertz CT molecular complexity index is 1080. The van der Waals surface area contributed by atoms with Crippen LogP contribution in [-0.4, -0.2) is 34.5 Å². The van der Waals surface area contributed by atoms with E-state index in [9.17, 15) is 8.42 Å². The van der Waals surface area contributed by atoms with Gasteiger partial charge in [-0.25, -0.2) is 9.97 Å². The van der Waals surface area contributed by atoms with Crippen LogP contribution in [0, 0.1) is 6.92 Å². The second-order valence-electron chi connectivity index (χ2n) is 6.81. The van der Waals surface area contributed by atoms with Gasteiger partial charge in [0, 0.05) is 41.9 Å². The van der Waals surface area contributed by atoms with Crippen molar-refractivity contribution < 1.29 is 8.42 Å². The van der Waals surface area contributed by atoms with Crippen LogP contribution < -0.4 is 15.4 Å². The predicted octanol–water partition coefficient (Wildman–Crippen LogP) is 3.54. The van der Waals surface area contributed by atoms with Crippen molar-refractivity contribution in [3.8, 4) is 0 Å². The molecule has 0 saturated carbocycles. The molecule has 0 spiro atoms. The molecular formula is C19H25N7O2S. The van der Waals surface area contributed by atoms with Crippen molar-refractivity contribution in [1.82, 2.24) is 19.5 Å². The molecule has 0 radical (unpaired) electrons. The van der Waals surface area contributed by atoms with Gasteiger partial charge in [-0.3, -0.25) is 4.72 Å². The normalized spacial score (nSPS) is 11.5. The van der Waals surface area contributed by atoms with Crippen LogP contribution in [0.2, 0.25) is 0 Å². The zero-order valence-corrected chi connectivity index (χ0v) is 17.7. The topological polar surface area (TPSA) is 114 Å². The number of rotatable bonds is 8. The summed E-state index contributed by atoms with van der Waals surface area (Å²) in [7, 11) is -3.75. The lowest BCUT2D eigenvalue weighted by molar-refractivity contribution is 0.591. The molecule has 0 atom stereocenters. The molecule has 0 amide bonds. The summed E-state index contributed by atoms with van der Waals surface area (Å²) < 4.78 is 29.3. The Kier molecular flexibility index (Phi) is 6.02. The highest BCUT2D eigenvalue weighted by Crippen LogP contribution is 2.21. The number of imidazole rings is 1. The molecule has 2 heterocycles. The van der Waals surface area contributed by atoms with E-state index in [1.165, 1.54) is 12.5 Å². The third kappa shape index (κ3) is 5.23. The van der Waals surface area contributed by atoms with Gasteiger partial charge < -0.3 is 15.2 Å². The number of anilines is 4. The van der Waals surface area contributed by atoms with Crippen LogP contribution in [0.1, 0.15) is 32.5 Å². The monoisotopic (exact) mass is 415 g/mol. The zero-order valence-electron chi connectivity index (χ0n) is 16.8. The molecule has 1 aromatic carbocycles. The number of aromatic nitrogens is 4. The first-order valence-corrected chi connectivity index (χ1v) is 10.8. The van der Waals surface area contributed by atoms with Gasteiger partial charge in [-0.05, 0) is 52.0 Å². The Morgan fingerprint density at radius 2 is 1.79 bits per heavy atom. The second-order valence-corrected chi connectivity index (χ2v) is 8.44. The van der Waals surface area contributed by atoms with Gasteiger partial charge in [-0.15, -0.1) is 0 Å². The average Bonchev–Trinajstić information content (AvgIpc) is 3.14. The summed E-state index contributed by atoms with van der Waals surface area (Å²) in [6.07, 6.45) is 3.03. The average molecular weight is 416 g/mol. The molecule has 0 aliphatic rings. The van der Waals surface area contributed by atoms with E-state index in [0.717, 1.165) is 17.9 Å². The Morgan fingerprint density at radius 1 is 1.10 bits per heavy atom. The summed E-state index contributed by atoms with van der Waals surface area (Å²) in [5, 5.41) is 6.27. The van der Waals surface area contributed by atoms with Gasteiger partial charge in [0.25, 0.3) is 10.0 Å². The summed E-state index contributed by atoms with van der Waals surface area (Å²) in [6, 6.07) is 8.87. The molecule has 154 valence electrons. The summed E-state index contributed by atoms with van der Waals surface area (Å²) >= 11 is 0. The summed E-state index contributed by atoms with van der Waals surface area (Å²) in [5.74, 6) is 1.21. The van der Waals surface area contributed by atoms with Gasteiger partial charge >= 0.3 is 0 Å². The van der Waals surface area contributed by atoms with Gasteiger partial charge in [-0.1, -0.05) is 0 Å². The molecule has 2 aromatic heterocycles. The minimum atomic E-state index is -3.75. The van der Waals surface area contributed by atoms with E-state index in [2.05, 4.69) is 30.3 Å². The van der Waals surface area contributed by atoms with Gasteiger partial charge in [0.2, 0.25) is 5.95 Å². The van der Waals surface area contributed by atoms with Crippen LogP contribution in [0.15, 0.2) is 47.9 Å². The lowest BCUT2D eigenvalue weighted by Gasteiger charge is -2.10. The Morgan fingerprint density at radius 3 is 2.41 bits per heavy atom. The fourth-order valence-corrected chi connectivity index (χ4v) is 3.58. The fraction of sp³-hybridized carbons (Fsp3) is 0.316. The van der Waals surface area contributed by atoms with E-state index in [-0.39, 0.29) is 11.1 Å². The minimum Gasteiger partial charge on any atom is -0.354 e. The maximum Gasteiger partial charge on any atom is 0.280 e. The molecule has 0 fully saturated rings. The second kappa shape index (κ2) is 8.48. The van der Waals surface area contributed by atoms with Crippen molar-refractivity contribution in [3.63, 3.8) is 0 Å². The molecule has 0 bridgehead atoms. The van der Waals surface area contributed by atoms with Crippen LogP contribution in [-0.2, 0) is 10.0 Å². The molecule has 0 aliphatic heterocycles. The highest BCUT2D eigenvalue weighted by atomic mass is 32.2. The predicted molar refractivity (Wildman–Crippen MR) is 114 cm³/mol. The van der Waals surface area contributed by atoms with Crippen molar-refractivity contribution >= 4 is 33.2 Å².